The summed E-state index contributed by atoms with van der Waals surface area (Å²) < 4.78 is 1.81. The molecule has 0 bridgehead atoms. The molecular formula is C28H34N8O. The van der Waals surface area contributed by atoms with Crippen molar-refractivity contribution in [2.45, 2.75) is 27.3 Å². The third kappa shape index (κ3) is 5.88. The maximum absolute atomic E-state index is 13.2. The number of rotatable bonds is 9. The van der Waals surface area contributed by atoms with Crippen LogP contribution in [0.4, 0.5) is 10.5 Å². The number of benzene rings is 2. The van der Waals surface area contributed by atoms with Gasteiger partial charge in [0.25, 0.3) is 0 Å². The number of amidine groups is 2. The van der Waals surface area contributed by atoms with Crippen LogP contribution >= 0.6 is 0 Å². The van der Waals surface area contributed by atoms with Crippen LogP contribution in [0, 0.1) is 11.3 Å². The molecule has 0 unspecified atom stereocenters. The summed E-state index contributed by atoms with van der Waals surface area (Å²) in [5, 5.41) is 20.3. The zero-order chi connectivity index (χ0) is 26.4. The second-order valence-corrected chi connectivity index (χ2v) is 9.20. The summed E-state index contributed by atoms with van der Waals surface area (Å²) in [7, 11) is 1.71. The Morgan fingerprint density at radius 1 is 1.08 bits per heavy atom. The fourth-order valence-corrected chi connectivity index (χ4v) is 4.11. The maximum Gasteiger partial charge on any atom is 0.331 e. The second-order valence-electron chi connectivity index (χ2n) is 9.20. The number of aromatic nitrogens is 2. The fourth-order valence-electron chi connectivity index (χ4n) is 4.11. The summed E-state index contributed by atoms with van der Waals surface area (Å²) >= 11 is 0. The lowest BCUT2D eigenvalue weighted by atomic mass is 10.1. The minimum atomic E-state index is -0.247. The van der Waals surface area contributed by atoms with Gasteiger partial charge in [0.05, 0.1) is 11.3 Å². The Labute approximate surface area is 218 Å². The number of anilines is 1. The quantitative estimate of drug-likeness (QED) is 0.398. The molecular weight excluding hydrogens is 464 g/mol. The van der Waals surface area contributed by atoms with Crippen molar-refractivity contribution in [1.82, 2.24) is 24.9 Å². The first kappa shape index (κ1) is 25.7. The summed E-state index contributed by atoms with van der Waals surface area (Å²) in [5.41, 5.74) is 3.46. The van der Waals surface area contributed by atoms with Gasteiger partial charge in [-0.15, -0.1) is 0 Å². The van der Waals surface area contributed by atoms with Crippen LogP contribution in [0.3, 0.4) is 0 Å². The Balaban J connectivity index is 1.71. The van der Waals surface area contributed by atoms with Crippen LogP contribution in [0.15, 0.2) is 89.4 Å². The molecule has 2 heterocycles. The van der Waals surface area contributed by atoms with E-state index >= 15 is 0 Å². The summed E-state index contributed by atoms with van der Waals surface area (Å²) in [4.78, 5) is 20.8. The number of aliphatic imine (C=N–C) groups is 1. The molecule has 1 aliphatic heterocycles. The van der Waals surface area contributed by atoms with Gasteiger partial charge < -0.3 is 10.6 Å². The molecule has 3 N–H and O–H groups in total. The average Bonchev–Trinajstić information content (AvgIpc) is 3.44. The molecule has 0 spiro atoms. The van der Waals surface area contributed by atoms with Gasteiger partial charge in [-0.3, -0.25) is 20.2 Å². The zero-order valence-electron chi connectivity index (χ0n) is 21.8. The number of para-hydroxylation sites is 1. The predicted molar refractivity (Wildman–Crippen MR) is 148 cm³/mol. The van der Waals surface area contributed by atoms with E-state index < -0.39 is 0 Å². The van der Waals surface area contributed by atoms with Crippen molar-refractivity contribution in [3.05, 3.63) is 90.0 Å². The van der Waals surface area contributed by atoms with Crippen molar-refractivity contribution in [1.29, 1.82) is 5.41 Å². The van der Waals surface area contributed by atoms with Gasteiger partial charge in [0, 0.05) is 44.8 Å². The molecule has 2 amide bonds. The first-order valence-corrected chi connectivity index (χ1v) is 12.5. The van der Waals surface area contributed by atoms with Crippen LogP contribution in [0.1, 0.15) is 26.3 Å². The van der Waals surface area contributed by atoms with Gasteiger partial charge in [0.2, 0.25) is 0 Å². The molecule has 37 heavy (non-hydrogen) atoms. The molecule has 192 valence electrons. The average molecular weight is 499 g/mol. The number of hydrogen-bond acceptors (Lipinski definition) is 6. The number of urea groups is 1. The summed E-state index contributed by atoms with van der Waals surface area (Å²) in [6, 6.07) is 19.6. The molecule has 2 aromatic carbocycles. The number of likely N-dealkylation sites (N-methyl/N-ethyl adjacent to an activating group) is 1. The van der Waals surface area contributed by atoms with Crippen molar-refractivity contribution in [2.75, 3.05) is 25.5 Å². The first-order chi connectivity index (χ1) is 17.9. The van der Waals surface area contributed by atoms with Gasteiger partial charge in [0.15, 0.2) is 0 Å². The minimum absolute atomic E-state index is 0.129. The summed E-state index contributed by atoms with van der Waals surface area (Å²) in [6.07, 6.45) is 3.66. The van der Waals surface area contributed by atoms with Crippen LogP contribution in [-0.4, -0.2) is 57.4 Å². The molecule has 1 aliphatic rings. The zero-order valence-corrected chi connectivity index (χ0v) is 21.8. The third-order valence-corrected chi connectivity index (χ3v) is 5.89. The van der Waals surface area contributed by atoms with Crippen molar-refractivity contribution in [3.8, 4) is 5.69 Å². The van der Waals surface area contributed by atoms with E-state index in [2.05, 4.69) is 20.7 Å². The number of nitrogens with one attached hydrogen (secondary N) is 3. The molecule has 1 fully saturated rings. The Morgan fingerprint density at radius 2 is 1.81 bits per heavy atom. The molecule has 0 saturated carbocycles. The van der Waals surface area contributed by atoms with Gasteiger partial charge in [0.1, 0.15) is 17.5 Å². The number of nitrogens with zero attached hydrogens (tertiary/aromatic N) is 5. The number of amides is 2. The Kier molecular flexibility index (Phi) is 8.02. The standard InChI is InChI=1S/C28H34N8O/c1-5-30-27-24(25(29)35(19-20(2)3)28(37)34(27)4)26(33-22-10-7-6-8-11-22)31-18-21-12-14-23(15-13-21)36-17-9-16-32-36/h6-17,20,29,31,33H,5,18-19H2,1-4H3/b26-24-,29-25?,30-27-. The number of carbonyl (C=O) groups excluding carboxylic acids is 1. The van der Waals surface area contributed by atoms with Crippen molar-refractivity contribution in [2.24, 2.45) is 10.9 Å². The molecule has 0 atom stereocenters. The Morgan fingerprint density at radius 3 is 2.43 bits per heavy atom. The number of hydrogen-bond donors (Lipinski definition) is 3. The highest BCUT2D eigenvalue weighted by atomic mass is 16.2. The monoisotopic (exact) mass is 498 g/mol. The minimum Gasteiger partial charge on any atom is -0.367 e. The summed E-state index contributed by atoms with van der Waals surface area (Å²) in [5.74, 6) is 1.42. The lowest BCUT2D eigenvalue weighted by Crippen LogP contribution is -2.56. The molecule has 3 aromatic rings. The first-order valence-electron chi connectivity index (χ1n) is 12.5. The molecule has 0 aliphatic carbocycles. The van der Waals surface area contributed by atoms with Gasteiger partial charge in [-0.2, -0.15) is 5.10 Å². The van der Waals surface area contributed by atoms with Crippen molar-refractivity contribution in [3.63, 3.8) is 0 Å². The lowest BCUT2D eigenvalue weighted by molar-refractivity contribution is 0.198. The molecule has 9 heteroatoms. The van der Waals surface area contributed by atoms with E-state index in [0.717, 1.165) is 16.9 Å². The molecule has 1 saturated heterocycles. The largest absolute Gasteiger partial charge is 0.367 e. The van der Waals surface area contributed by atoms with Crippen LogP contribution in [0.25, 0.3) is 5.69 Å². The lowest BCUT2D eigenvalue weighted by Gasteiger charge is -2.38. The fraction of sp³-hybridized carbons (Fsp3) is 0.286. The van der Waals surface area contributed by atoms with Crippen molar-refractivity contribution >= 4 is 23.4 Å². The predicted octanol–water partition coefficient (Wildman–Crippen LogP) is 4.70. The van der Waals surface area contributed by atoms with Gasteiger partial charge in [-0.05, 0) is 48.7 Å². The van der Waals surface area contributed by atoms with E-state index in [-0.39, 0.29) is 17.8 Å². The van der Waals surface area contributed by atoms with Crippen LogP contribution in [0.2, 0.25) is 0 Å². The van der Waals surface area contributed by atoms with E-state index in [1.807, 2.05) is 92.3 Å². The van der Waals surface area contributed by atoms with E-state index in [0.29, 0.717) is 36.9 Å². The SMILES string of the molecule is CC/N=C1/C(=C(/NCc2ccc(-n3cccn3)cc2)Nc2ccccc2)C(=N)N(CC(C)C)C(=O)N1C. The smallest absolute Gasteiger partial charge is 0.331 e. The van der Waals surface area contributed by atoms with Gasteiger partial charge in [-0.25, -0.2) is 9.48 Å². The van der Waals surface area contributed by atoms with Gasteiger partial charge >= 0.3 is 6.03 Å². The normalized spacial score (nSPS) is 16.5. The van der Waals surface area contributed by atoms with E-state index in [4.69, 9.17) is 5.41 Å². The highest BCUT2D eigenvalue weighted by Gasteiger charge is 2.38. The van der Waals surface area contributed by atoms with Crippen LogP contribution < -0.4 is 10.6 Å². The number of carbonyl (C=O) groups is 1. The summed E-state index contributed by atoms with van der Waals surface area (Å²) in [6.45, 7) is 7.43. The Hall–Kier alpha value is -4.40. The molecule has 9 nitrogen and oxygen atoms in total. The Bertz CT molecular complexity index is 1280. The molecule has 4 rings (SSSR count). The van der Waals surface area contributed by atoms with E-state index in [1.165, 1.54) is 9.80 Å². The van der Waals surface area contributed by atoms with Crippen molar-refractivity contribution < 1.29 is 4.79 Å². The highest BCUT2D eigenvalue weighted by Crippen LogP contribution is 2.23. The topological polar surface area (TPSA) is 102 Å². The van der Waals surface area contributed by atoms with E-state index in [1.54, 1.807) is 13.2 Å². The van der Waals surface area contributed by atoms with Crippen LogP contribution in [-0.2, 0) is 6.54 Å². The molecule has 0 radical (unpaired) electrons. The third-order valence-electron chi connectivity index (χ3n) is 5.89. The van der Waals surface area contributed by atoms with Gasteiger partial charge in [-0.1, -0.05) is 44.2 Å². The molecule has 1 aromatic heterocycles. The van der Waals surface area contributed by atoms with E-state index in [9.17, 15) is 4.79 Å². The highest BCUT2D eigenvalue weighted by molar-refractivity contribution is 6.31. The maximum atomic E-state index is 13.2. The van der Waals surface area contributed by atoms with Crippen LogP contribution in [0.5, 0.6) is 0 Å². The second kappa shape index (κ2) is 11.6.